The molecule has 0 unspecified atom stereocenters. The van der Waals surface area contributed by atoms with Gasteiger partial charge in [0.2, 0.25) is 0 Å². The van der Waals surface area contributed by atoms with E-state index in [2.05, 4.69) is 15.2 Å². The summed E-state index contributed by atoms with van der Waals surface area (Å²) in [5.74, 6) is 0.940. The predicted octanol–water partition coefficient (Wildman–Crippen LogP) is 0.154. The molecule has 0 spiro atoms. The van der Waals surface area contributed by atoms with Gasteiger partial charge in [-0.2, -0.15) is 17.0 Å². The largest absolute Gasteiger partial charge is 0.493 e. The van der Waals surface area contributed by atoms with Crippen LogP contribution in [-0.2, 0) is 25.1 Å². The van der Waals surface area contributed by atoms with E-state index in [4.69, 9.17) is 14.3 Å². The molecular weight excluding hydrogens is 476 g/mol. The smallest absolute Gasteiger partial charge is 0.323 e. The zero-order chi connectivity index (χ0) is 24.4. The van der Waals surface area contributed by atoms with Crippen molar-refractivity contribution in [3.05, 3.63) is 30.1 Å². The Balaban J connectivity index is 1.97. The van der Waals surface area contributed by atoms with Crippen molar-refractivity contribution in [1.82, 2.24) is 22.8 Å². The average Bonchev–Trinajstić information content (AvgIpc) is 3.48. The molecule has 1 saturated carbocycles. The number of benzene rings is 1. The molecule has 0 amide bonds. The van der Waals surface area contributed by atoms with Gasteiger partial charge in [0.05, 0.1) is 20.8 Å². The first-order valence-corrected chi connectivity index (χ1v) is 12.6. The van der Waals surface area contributed by atoms with Crippen LogP contribution in [0.15, 0.2) is 34.8 Å². The fourth-order valence-corrected chi connectivity index (χ4v) is 5.17. The average molecular weight is 503 g/mol. The summed E-state index contributed by atoms with van der Waals surface area (Å²) in [5, 5.41) is 7.11. The van der Waals surface area contributed by atoms with Crippen molar-refractivity contribution in [3.63, 3.8) is 0 Å². The number of ether oxygens (including phenoxy) is 2. The standard InChI is InChI=1S/C18H26N6O7S2/c1-22(2)33(27,28)24-12-19-18(20-24)32(25,26)23(14-7-8-14)11-15(21-31-5)13-6-9-16(29-3)17(10-13)30-4/h6,9-10,12,14H,7-8,11H2,1-5H3/b21-15+. The van der Waals surface area contributed by atoms with E-state index in [9.17, 15) is 16.8 Å². The Morgan fingerprint density at radius 2 is 1.79 bits per heavy atom. The van der Waals surface area contributed by atoms with Gasteiger partial charge in [0.15, 0.2) is 11.5 Å². The van der Waals surface area contributed by atoms with E-state index >= 15 is 0 Å². The number of aromatic nitrogens is 3. The van der Waals surface area contributed by atoms with Gasteiger partial charge in [-0.05, 0) is 31.0 Å². The Labute approximate surface area is 192 Å². The van der Waals surface area contributed by atoms with Gasteiger partial charge in [-0.3, -0.25) is 0 Å². The third-order valence-electron chi connectivity index (χ3n) is 4.87. The lowest BCUT2D eigenvalue weighted by Crippen LogP contribution is -2.38. The third-order valence-corrected chi connectivity index (χ3v) is 8.13. The van der Waals surface area contributed by atoms with Crippen LogP contribution in [0.3, 0.4) is 0 Å². The number of rotatable bonds is 11. The van der Waals surface area contributed by atoms with Crippen LogP contribution in [0.25, 0.3) is 0 Å². The van der Waals surface area contributed by atoms with Crippen LogP contribution >= 0.6 is 0 Å². The number of hydrogen-bond donors (Lipinski definition) is 0. The van der Waals surface area contributed by atoms with Crippen molar-refractivity contribution in [2.24, 2.45) is 5.16 Å². The van der Waals surface area contributed by atoms with E-state index in [1.807, 2.05) is 0 Å². The first kappa shape index (κ1) is 24.9. The molecule has 13 nitrogen and oxygen atoms in total. The summed E-state index contributed by atoms with van der Waals surface area (Å²) >= 11 is 0. The minimum atomic E-state index is -4.24. The van der Waals surface area contributed by atoms with E-state index in [-0.39, 0.29) is 12.6 Å². The maximum atomic E-state index is 13.4. The van der Waals surface area contributed by atoms with Gasteiger partial charge in [-0.1, -0.05) is 5.16 Å². The lowest BCUT2D eigenvalue weighted by atomic mass is 10.1. The van der Waals surface area contributed by atoms with Crippen molar-refractivity contribution < 1.29 is 31.1 Å². The van der Waals surface area contributed by atoms with Gasteiger partial charge in [-0.15, -0.1) is 9.19 Å². The van der Waals surface area contributed by atoms with Gasteiger partial charge in [-0.25, -0.2) is 13.4 Å². The SMILES string of the molecule is CO/N=C(\CN(C1CC1)S(=O)(=O)c1ncn(S(=O)(=O)N(C)C)n1)c1ccc(OC)c(OC)c1. The summed E-state index contributed by atoms with van der Waals surface area (Å²) in [6, 6.07) is 4.73. The van der Waals surface area contributed by atoms with Crippen LogP contribution in [0.4, 0.5) is 0 Å². The molecule has 0 saturated heterocycles. The Kier molecular flexibility index (Phi) is 7.26. The normalized spacial score (nSPS) is 15.2. The second kappa shape index (κ2) is 9.62. The van der Waals surface area contributed by atoms with Gasteiger partial charge in [0, 0.05) is 25.7 Å². The highest BCUT2D eigenvalue weighted by atomic mass is 32.2. The van der Waals surface area contributed by atoms with Crippen molar-refractivity contribution in [1.29, 1.82) is 0 Å². The van der Waals surface area contributed by atoms with E-state index in [0.717, 1.165) is 10.6 Å². The second-order valence-corrected chi connectivity index (χ2v) is 11.0. The molecule has 3 rings (SSSR count). The Hall–Kier alpha value is -2.75. The first-order valence-electron chi connectivity index (χ1n) is 9.75. The lowest BCUT2D eigenvalue weighted by Gasteiger charge is -2.21. The number of sulfonamides is 1. The summed E-state index contributed by atoms with van der Waals surface area (Å²) < 4.78 is 64.4. The Morgan fingerprint density at radius 1 is 1.12 bits per heavy atom. The van der Waals surface area contributed by atoms with Gasteiger partial charge < -0.3 is 14.3 Å². The molecule has 182 valence electrons. The first-order chi connectivity index (χ1) is 15.6. The zero-order valence-corrected chi connectivity index (χ0v) is 20.5. The van der Waals surface area contributed by atoms with Gasteiger partial charge >= 0.3 is 10.2 Å². The van der Waals surface area contributed by atoms with E-state index in [1.54, 1.807) is 18.2 Å². The fraction of sp³-hybridized carbons (Fsp3) is 0.500. The maximum Gasteiger partial charge on any atom is 0.323 e. The monoisotopic (exact) mass is 502 g/mol. The summed E-state index contributed by atoms with van der Waals surface area (Å²) in [6.07, 6.45) is 2.13. The predicted molar refractivity (Wildman–Crippen MR) is 118 cm³/mol. The molecule has 1 fully saturated rings. The molecule has 1 aromatic heterocycles. The molecule has 0 aliphatic heterocycles. The second-order valence-electron chi connectivity index (χ2n) is 7.26. The van der Waals surface area contributed by atoms with Crippen molar-refractivity contribution in [3.8, 4) is 11.5 Å². The highest BCUT2D eigenvalue weighted by Gasteiger charge is 2.41. The zero-order valence-electron chi connectivity index (χ0n) is 18.9. The van der Waals surface area contributed by atoms with Crippen LogP contribution in [0, 0.1) is 0 Å². The van der Waals surface area contributed by atoms with Crippen LogP contribution in [0.1, 0.15) is 18.4 Å². The Bertz CT molecular complexity index is 1240. The summed E-state index contributed by atoms with van der Waals surface area (Å²) in [4.78, 5) is 8.71. The molecule has 33 heavy (non-hydrogen) atoms. The maximum absolute atomic E-state index is 13.4. The summed E-state index contributed by atoms with van der Waals surface area (Å²) in [5.41, 5.74) is 0.873. The quantitative estimate of drug-likeness (QED) is 0.310. The molecule has 2 aromatic rings. The van der Waals surface area contributed by atoms with E-state index < -0.39 is 25.4 Å². The fourth-order valence-electron chi connectivity index (χ4n) is 2.96. The van der Waals surface area contributed by atoms with Crippen molar-refractivity contribution >= 4 is 25.9 Å². The minimum absolute atomic E-state index is 0.148. The molecular formula is C18H26N6O7S2. The minimum Gasteiger partial charge on any atom is -0.493 e. The number of hydrogen-bond acceptors (Lipinski definition) is 10. The molecule has 0 atom stereocenters. The number of nitrogens with zero attached hydrogens (tertiary/aromatic N) is 6. The number of oxime groups is 1. The van der Waals surface area contributed by atoms with Gasteiger partial charge in [0.1, 0.15) is 19.1 Å². The number of methoxy groups -OCH3 is 2. The van der Waals surface area contributed by atoms with Crippen LogP contribution in [0.2, 0.25) is 0 Å². The highest BCUT2D eigenvalue weighted by Crippen LogP contribution is 2.33. The van der Waals surface area contributed by atoms with Crippen LogP contribution in [-0.4, -0.2) is 93.3 Å². The van der Waals surface area contributed by atoms with E-state index in [1.165, 1.54) is 39.7 Å². The highest BCUT2D eigenvalue weighted by molar-refractivity contribution is 7.89. The van der Waals surface area contributed by atoms with Crippen LogP contribution in [0.5, 0.6) is 11.5 Å². The van der Waals surface area contributed by atoms with Crippen molar-refractivity contribution in [2.75, 3.05) is 42.0 Å². The van der Waals surface area contributed by atoms with Gasteiger partial charge in [0.25, 0.3) is 15.2 Å². The van der Waals surface area contributed by atoms with Crippen LogP contribution < -0.4 is 9.47 Å². The lowest BCUT2D eigenvalue weighted by molar-refractivity contribution is 0.212. The molecule has 0 bridgehead atoms. The molecule has 1 aliphatic rings. The topological polar surface area (TPSA) is 146 Å². The third kappa shape index (κ3) is 5.10. The molecule has 0 N–H and O–H groups in total. The molecule has 0 radical (unpaired) electrons. The van der Waals surface area contributed by atoms with E-state index in [0.29, 0.717) is 39.7 Å². The summed E-state index contributed by atoms with van der Waals surface area (Å²) in [7, 11) is -1.30. The molecule has 1 heterocycles. The van der Waals surface area contributed by atoms with Crippen molar-refractivity contribution in [2.45, 2.75) is 24.0 Å². The molecule has 1 aliphatic carbocycles. The molecule has 1 aromatic carbocycles. The summed E-state index contributed by atoms with van der Waals surface area (Å²) in [6.45, 7) is -0.148. The molecule has 15 heteroatoms. The Morgan fingerprint density at radius 3 is 2.33 bits per heavy atom.